The summed E-state index contributed by atoms with van der Waals surface area (Å²) < 4.78 is 29.1. The molecule has 0 saturated carbocycles. The summed E-state index contributed by atoms with van der Waals surface area (Å²) in [7, 11) is 0. The van der Waals surface area contributed by atoms with Crippen LogP contribution in [0.5, 0.6) is 0 Å². The van der Waals surface area contributed by atoms with Crippen molar-refractivity contribution in [3.63, 3.8) is 0 Å². The zero-order chi connectivity index (χ0) is 12.9. The Kier molecular flexibility index (Phi) is 2.69. The first-order chi connectivity index (χ1) is 8.56. The highest BCUT2D eigenvalue weighted by Crippen LogP contribution is 2.40. The quantitative estimate of drug-likeness (QED) is 0.807. The first kappa shape index (κ1) is 11.8. The Hall–Kier alpha value is -1.30. The summed E-state index contributed by atoms with van der Waals surface area (Å²) in [5.74, 6) is -0.0193. The van der Waals surface area contributed by atoms with Gasteiger partial charge in [0.25, 0.3) is 0 Å². The Balaban J connectivity index is 2.11. The van der Waals surface area contributed by atoms with Gasteiger partial charge in [0.15, 0.2) is 12.0 Å². The Labute approximate surface area is 111 Å². The van der Waals surface area contributed by atoms with Gasteiger partial charge in [-0.15, -0.1) is 5.10 Å². The van der Waals surface area contributed by atoms with E-state index in [1.807, 2.05) is 6.92 Å². The molecule has 2 unspecified atom stereocenters. The molecular formula is C12H10BrF2N3. The van der Waals surface area contributed by atoms with Crippen molar-refractivity contribution in [2.24, 2.45) is 0 Å². The highest BCUT2D eigenvalue weighted by molar-refractivity contribution is 9.10. The Morgan fingerprint density at radius 3 is 3.00 bits per heavy atom. The number of hydrogen-bond donors (Lipinski definition) is 0. The standard InChI is InChI=1S/C12H10BrF2N3/c1-6-2-3-7(14)4-8(6)10-5-9(15)11-16-12(13)17-18(10)11/h2-4,9-10H,5H2,1H3. The van der Waals surface area contributed by atoms with E-state index in [9.17, 15) is 8.78 Å². The van der Waals surface area contributed by atoms with E-state index in [2.05, 4.69) is 26.0 Å². The SMILES string of the molecule is Cc1ccc(F)cc1C1CC(F)c2nc(Br)nn21. The number of aryl methyl sites for hydroxylation is 1. The number of hydrogen-bond acceptors (Lipinski definition) is 2. The van der Waals surface area contributed by atoms with E-state index in [0.717, 1.165) is 11.1 Å². The molecule has 0 amide bonds. The molecule has 0 spiro atoms. The lowest BCUT2D eigenvalue weighted by Gasteiger charge is -2.14. The summed E-state index contributed by atoms with van der Waals surface area (Å²) in [5.41, 5.74) is 1.68. The Bertz CT molecular complexity index is 611. The second kappa shape index (κ2) is 4.12. The average molecular weight is 314 g/mol. The van der Waals surface area contributed by atoms with Crippen LogP contribution in [0.4, 0.5) is 8.78 Å². The van der Waals surface area contributed by atoms with E-state index < -0.39 is 6.17 Å². The molecule has 0 bridgehead atoms. The molecule has 1 aromatic heterocycles. The van der Waals surface area contributed by atoms with E-state index in [1.54, 1.807) is 6.07 Å². The minimum absolute atomic E-state index is 0.257. The molecule has 18 heavy (non-hydrogen) atoms. The predicted octanol–water partition coefficient (Wildman–Crippen LogP) is 3.49. The van der Waals surface area contributed by atoms with Crippen LogP contribution in [0.25, 0.3) is 0 Å². The molecule has 3 nitrogen and oxygen atoms in total. The van der Waals surface area contributed by atoms with Gasteiger partial charge in [0, 0.05) is 6.42 Å². The number of rotatable bonds is 1. The van der Waals surface area contributed by atoms with Crippen molar-refractivity contribution >= 4 is 15.9 Å². The minimum atomic E-state index is -1.16. The summed E-state index contributed by atoms with van der Waals surface area (Å²) in [6, 6.07) is 4.25. The van der Waals surface area contributed by atoms with Crippen molar-refractivity contribution in [2.75, 3.05) is 0 Å². The lowest BCUT2D eigenvalue weighted by Crippen LogP contribution is -2.09. The van der Waals surface area contributed by atoms with Gasteiger partial charge in [-0.3, -0.25) is 0 Å². The summed E-state index contributed by atoms with van der Waals surface area (Å²) in [4.78, 5) is 4.00. The lowest BCUT2D eigenvalue weighted by atomic mass is 9.99. The second-order valence-corrected chi connectivity index (χ2v) is 5.11. The van der Waals surface area contributed by atoms with Gasteiger partial charge in [-0.05, 0) is 46.1 Å². The van der Waals surface area contributed by atoms with Crippen molar-refractivity contribution in [2.45, 2.75) is 25.6 Å². The maximum absolute atomic E-state index is 13.9. The Morgan fingerprint density at radius 1 is 1.44 bits per heavy atom. The summed E-state index contributed by atoms with van der Waals surface area (Å²) >= 11 is 3.13. The third kappa shape index (κ3) is 1.75. The molecule has 94 valence electrons. The van der Waals surface area contributed by atoms with E-state index >= 15 is 0 Å². The highest BCUT2D eigenvalue weighted by Gasteiger charge is 2.35. The molecule has 2 heterocycles. The fraction of sp³-hybridized carbons (Fsp3) is 0.333. The normalized spacial score (nSPS) is 22.2. The van der Waals surface area contributed by atoms with Crippen LogP contribution in [0.1, 0.15) is 35.6 Å². The highest BCUT2D eigenvalue weighted by atomic mass is 79.9. The molecule has 0 N–H and O–H groups in total. The topological polar surface area (TPSA) is 30.7 Å². The van der Waals surface area contributed by atoms with E-state index in [4.69, 9.17) is 0 Å². The van der Waals surface area contributed by atoms with Gasteiger partial charge in [0.05, 0.1) is 6.04 Å². The van der Waals surface area contributed by atoms with Crippen molar-refractivity contribution in [3.8, 4) is 0 Å². The second-order valence-electron chi connectivity index (χ2n) is 4.40. The van der Waals surface area contributed by atoms with Crippen LogP contribution in [0.15, 0.2) is 22.9 Å². The van der Waals surface area contributed by atoms with E-state index in [-0.39, 0.29) is 18.3 Å². The smallest absolute Gasteiger partial charge is 0.217 e. The predicted molar refractivity (Wildman–Crippen MR) is 65.5 cm³/mol. The van der Waals surface area contributed by atoms with Crippen molar-refractivity contribution in [1.29, 1.82) is 0 Å². The van der Waals surface area contributed by atoms with E-state index in [1.165, 1.54) is 16.8 Å². The number of nitrogens with zero attached hydrogens (tertiary/aromatic N) is 3. The van der Waals surface area contributed by atoms with Crippen LogP contribution in [-0.4, -0.2) is 14.8 Å². The third-order valence-corrected chi connectivity index (χ3v) is 3.57. The summed E-state index contributed by atoms with van der Waals surface area (Å²) in [6.07, 6.45) is -0.899. The van der Waals surface area contributed by atoms with Gasteiger partial charge in [-0.2, -0.15) is 0 Å². The Morgan fingerprint density at radius 2 is 2.22 bits per heavy atom. The number of aromatic nitrogens is 3. The maximum Gasteiger partial charge on any atom is 0.217 e. The number of halogens is 3. The minimum Gasteiger partial charge on any atom is -0.239 e. The largest absolute Gasteiger partial charge is 0.239 e. The van der Waals surface area contributed by atoms with Crippen LogP contribution < -0.4 is 0 Å². The molecule has 0 saturated heterocycles. The van der Waals surface area contributed by atoms with Crippen molar-refractivity contribution in [3.05, 3.63) is 45.7 Å². The van der Waals surface area contributed by atoms with Crippen LogP contribution in [0.2, 0.25) is 0 Å². The molecule has 6 heteroatoms. The first-order valence-electron chi connectivity index (χ1n) is 5.58. The summed E-state index contributed by atoms with van der Waals surface area (Å²) in [6.45, 7) is 1.88. The molecule has 1 aliphatic heterocycles. The zero-order valence-corrected chi connectivity index (χ0v) is 11.2. The zero-order valence-electron chi connectivity index (χ0n) is 9.57. The fourth-order valence-electron chi connectivity index (χ4n) is 2.38. The van der Waals surface area contributed by atoms with Gasteiger partial charge in [0.1, 0.15) is 5.82 Å². The average Bonchev–Trinajstić information content (AvgIpc) is 2.82. The van der Waals surface area contributed by atoms with Crippen LogP contribution in [-0.2, 0) is 0 Å². The summed E-state index contributed by atoms with van der Waals surface area (Å²) in [5, 5.41) is 4.13. The first-order valence-corrected chi connectivity index (χ1v) is 6.37. The molecule has 1 aromatic carbocycles. The molecule has 0 fully saturated rings. The molecule has 1 aliphatic rings. The van der Waals surface area contributed by atoms with Crippen LogP contribution >= 0.6 is 15.9 Å². The molecule has 3 rings (SSSR count). The number of benzene rings is 1. The van der Waals surface area contributed by atoms with E-state index in [0.29, 0.717) is 10.6 Å². The molecule has 2 atom stereocenters. The number of fused-ring (bicyclic) bond motifs is 1. The van der Waals surface area contributed by atoms with Gasteiger partial charge in [-0.1, -0.05) is 6.07 Å². The van der Waals surface area contributed by atoms with Crippen molar-refractivity contribution in [1.82, 2.24) is 14.8 Å². The fourth-order valence-corrected chi connectivity index (χ4v) is 2.73. The monoisotopic (exact) mass is 313 g/mol. The third-order valence-electron chi connectivity index (χ3n) is 3.24. The molecule has 0 aliphatic carbocycles. The lowest BCUT2D eigenvalue weighted by molar-refractivity contribution is 0.328. The van der Waals surface area contributed by atoms with Gasteiger partial charge < -0.3 is 0 Å². The molecule has 2 aromatic rings. The van der Waals surface area contributed by atoms with Crippen LogP contribution in [0, 0.1) is 12.7 Å². The van der Waals surface area contributed by atoms with Gasteiger partial charge >= 0.3 is 0 Å². The number of alkyl halides is 1. The molecular weight excluding hydrogens is 304 g/mol. The van der Waals surface area contributed by atoms with Gasteiger partial charge in [-0.25, -0.2) is 18.4 Å². The molecule has 0 radical (unpaired) electrons. The maximum atomic E-state index is 13.9. The van der Waals surface area contributed by atoms with Crippen LogP contribution in [0.3, 0.4) is 0 Å². The van der Waals surface area contributed by atoms with Crippen molar-refractivity contribution < 1.29 is 8.78 Å². The van der Waals surface area contributed by atoms with Gasteiger partial charge in [0.2, 0.25) is 4.73 Å².